The summed E-state index contributed by atoms with van der Waals surface area (Å²) in [5, 5.41) is 12.3. The van der Waals surface area contributed by atoms with Crippen LogP contribution in [0.5, 0.6) is 5.75 Å². The van der Waals surface area contributed by atoms with E-state index in [1.54, 1.807) is 7.11 Å². The molecule has 0 aliphatic carbocycles. The predicted octanol–water partition coefficient (Wildman–Crippen LogP) is 2.10. The first-order valence-corrected chi connectivity index (χ1v) is 6.54. The normalized spacial score (nSPS) is 12.5. The van der Waals surface area contributed by atoms with Crippen molar-refractivity contribution in [3.05, 3.63) is 22.4 Å². The molecule has 1 aromatic heterocycles. The van der Waals surface area contributed by atoms with Crippen molar-refractivity contribution in [2.45, 2.75) is 32.4 Å². The van der Waals surface area contributed by atoms with E-state index in [2.05, 4.69) is 33.2 Å². The van der Waals surface area contributed by atoms with Gasteiger partial charge in [0.05, 0.1) is 12.8 Å². The number of aliphatic hydroxyl groups excluding tert-OH is 1. The van der Waals surface area contributed by atoms with Gasteiger partial charge in [0.15, 0.2) is 0 Å². The van der Waals surface area contributed by atoms with Crippen LogP contribution in [0.2, 0.25) is 0 Å². The minimum Gasteiger partial charge on any atom is -0.495 e. The summed E-state index contributed by atoms with van der Waals surface area (Å²) in [5.74, 6) is 0.777. The molecule has 0 radical (unpaired) electrons. The number of nitrogens with one attached hydrogen (secondary N) is 1. The van der Waals surface area contributed by atoms with Crippen molar-refractivity contribution in [3.63, 3.8) is 0 Å². The van der Waals surface area contributed by atoms with Crippen LogP contribution in [0, 0.1) is 0 Å². The quantitative estimate of drug-likeness (QED) is 0.758. The summed E-state index contributed by atoms with van der Waals surface area (Å²) < 4.78 is 6.05. The van der Waals surface area contributed by atoms with Gasteiger partial charge in [0.25, 0.3) is 0 Å². The SMILES string of the molecule is CCC(CCO)NCc1nc(Br)ccc1OC. The van der Waals surface area contributed by atoms with Crippen molar-refractivity contribution in [2.24, 2.45) is 0 Å². The van der Waals surface area contributed by atoms with E-state index in [0.717, 1.165) is 28.9 Å². The molecule has 0 fully saturated rings. The van der Waals surface area contributed by atoms with Crippen molar-refractivity contribution in [3.8, 4) is 5.75 Å². The van der Waals surface area contributed by atoms with E-state index >= 15 is 0 Å². The summed E-state index contributed by atoms with van der Waals surface area (Å²) in [6.45, 7) is 2.94. The lowest BCUT2D eigenvalue weighted by Gasteiger charge is -2.16. The number of nitrogens with zero attached hydrogens (tertiary/aromatic N) is 1. The fraction of sp³-hybridized carbons (Fsp3) is 0.583. The van der Waals surface area contributed by atoms with Gasteiger partial charge in [-0.25, -0.2) is 4.98 Å². The van der Waals surface area contributed by atoms with Crippen LogP contribution in [0.15, 0.2) is 16.7 Å². The minimum absolute atomic E-state index is 0.203. The fourth-order valence-corrected chi connectivity index (χ4v) is 1.97. The van der Waals surface area contributed by atoms with E-state index < -0.39 is 0 Å². The molecular formula is C12H19BrN2O2. The van der Waals surface area contributed by atoms with Gasteiger partial charge >= 0.3 is 0 Å². The van der Waals surface area contributed by atoms with Crippen molar-refractivity contribution in [1.29, 1.82) is 0 Å². The second-order valence-corrected chi connectivity index (χ2v) is 4.59. The highest BCUT2D eigenvalue weighted by molar-refractivity contribution is 9.10. The van der Waals surface area contributed by atoms with Crippen LogP contribution in [0.3, 0.4) is 0 Å². The van der Waals surface area contributed by atoms with Gasteiger partial charge in [-0.2, -0.15) is 0 Å². The lowest BCUT2D eigenvalue weighted by atomic mass is 10.1. The third-order valence-electron chi connectivity index (χ3n) is 2.65. The number of aliphatic hydroxyl groups is 1. The molecule has 5 heteroatoms. The molecule has 0 saturated carbocycles. The van der Waals surface area contributed by atoms with Gasteiger partial charge in [-0.1, -0.05) is 6.92 Å². The standard InChI is InChI=1S/C12H19BrN2O2/c1-3-9(6-7-16)14-8-10-11(17-2)4-5-12(13)15-10/h4-5,9,14,16H,3,6-8H2,1-2H3. The number of pyridine rings is 1. The maximum atomic E-state index is 8.92. The molecule has 0 aliphatic rings. The molecule has 0 spiro atoms. The number of halogens is 1. The summed E-state index contributed by atoms with van der Waals surface area (Å²) in [7, 11) is 1.64. The molecule has 4 nitrogen and oxygen atoms in total. The molecule has 1 unspecified atom stereocenters. The smallest absolute Gasteiger partial charge is 0.141 e. The van der Waals surface area contributed by atoms with Crippen molar-refractivity contribution < 1.29 is 9.84 Å². The van der Waals surface area contributed by atoms with Crippen molar-refractivity contribution in [2.75, 3.05) is 13.7 Å². The van der Waals surface area contributed by atoms with E-state index in [-0.39, 0.29) is 6.61 Å². The lowest BCUT2D eigenvalue weighted by molar-refractivity contribution is 0.261. The number of aromatic nitrogens is 1. The highest BCUT2D eigenvalue weighted by atomic mass is 79.9. The Kier molecular flexibility index (Phi) is 6.47. The van der Waals surface area contributed by atoms with Crippen molar-refractivity contribution >= 4 is 15.9 Å². The summed E-state index contributed by atoms with van der Waals surface area (Å²) in [5.41, 5.74) is 0.873. The first-order valence-electron chi connectivity index (χ1n) is 5.74. The largest absolute Gasteiger partial charge is 0.495 e. The number of rotatable bonds is 7. The molecule has 1 heterocycles. The Morgan fingerprint density at radius 2 is 2.29 bits per heavy atom. The van der Waals surface area contributed by atoms with Gasteiger partial charge in [0.1, 0.15) is 10.4 Å². The maximum absolute atomic E-state index is 8.92. The molecule has 0 aliphatic heterocycles. The zero-order chi connectivity index (χ0) is 12.7. The highest BCUT2D eigenvalue weighted by Crippen LogP contribution is 2.19. The van der Waals surface area contributed by atoms with E-state index in [4.69, 9.17) is 9.84 Å². The van der Waals surface area contributed by atoms with Gasteiger partial charge in [0, 0.05) is 19.2 Å². The van der Waals surface area contributed by atoms with Gasteiger partial charge in [0.2, 0.25) is 0 Å². The van der Waals surface area contributed by atoms with Crippen LogP contribution in [-0.2, 0) is 6.54 Å². The summed E-state index contributed by atoms with van der Waals surface area (Å²) in [6, 6.07) is 4.06. The molecule has 0 aromatic carbocycles. The molecule has 0 saturated heterocycles. The molecule has 17 heavy (non-hydrogen) atoms. The summed E-state index contributed by atoms with van der Waals surface area (Å²) >= 11 is 3.35. The minimum atomic E-state index is 0.203. The van der Waals surface area contributed by atoms with Crippen LogP contribution in [0.1, 0.15) is 25.5 Å². The Hall–Kier alpha value is -0.650. The zero-order valence-corrected chi connectivity index (χ0v) is 11.8. The number of hydrogen-bond donors (Lipinski definition) is 2. The Morgan fingerprint density at radius 1 is 1.53 bits per heavy atom. The number of methoxy groups -OCH3 is 1. The van der Waals surface area contributed by atoms with Crippen LogP contribution < -0.4 is 10.1 Å². The first kappa shape index (κ1) is 14.4. The van der Waals surface area contributed by atoms with Gasteiger partial charge in [-0.15, -0.1) is 0 Å². The molecule has 0 bridgehead atoms. The summed E-state index contributed by atoms with van der Waals surface area (Å²) in [4.78, 5) is 4.38. The van der Waals surface area contributed by atoms with Crippen LogP contribution in [-0.4, -0.2) is 29.8 Å². The van der Waals surface area contributed by atoms with E-state index in [9.17, 15) is 0 Å². The zero-order valence-electron chi connectivity index (χ0n) is 10.2. The molecule has 96 valence electrons. The fourth-order valence-electron chi connectivity index (χ4n) is 1.62. The maximum Gasteiger partial charge on any atom is 0.141 e. The Balaban J connectivity index is 2.63. The van der Waals surface area contributed by atoms with E-state index in [1.807, 2.05) is 12.1 Å². The molecule has 1 aromatic rings. The van der Waals surface area contributed by atoms with Crippen molar-refractivity contribution in [1.82, 2.24) is 10.3 Å². The van der Waals surface area contributed by atoms with Gasteiger partial charge < -0.3 is 15.2 Å². The Labute approximate surface area is 111 Å². The molecule has 0 amide bonds. The van der Waals surface area contributed by atoms with Crippen LogP contribution in [0.25, 0.3) is 0 Å². The molecule has 1 atom stereocenters. The highest BCUT2D eigenvalue weighted by Gasteiger charge is 2.09. The third-order valence-corrected chi connectivity index (χ3v) is 3.09. The second-order valence-electron chi connectivity index (χ2n) is 3.78. The molecule has 1 rings (SSSR count). The Morgan fingerprint density at radius 3 is 2.88 bits per heavy atom. The number of hydrogen-bond acceptors (Lipinski definition) is 4. The summed E-state index contributed by atoms with van der Waals surface area (Å²) in [6.07, 6.45) is 1.74. The van der Waals surface area contributed by atoms with Crippen LogP contribution >= 0.6 is 15.9 Å². The Bertz CT molecular complexity index is 347. The number of ether oxygens (including phenoxy) is 1. The van der Waals surface area contributed by atoms with E-state index in [0.29, 0.717) is 12.6 Å². The third kappa shape index (κ3) is 4.61. The molecule has 2 N–H and O–H groups in total. The average molecular weight is 303 g/mol. The monoisotopic (exact) mass is 302 g/mol. The predicted molar refractivity (Wildman–Crippen MR) is 71.1 cm³/mol. The first-order chi connectivity index (χ1) is 8.21. The van der Waals surface area contributed by atoms with E-state index in [1.165, 1.54) is 0 Å². The molecular weight excluding hydrogens is 284 g/mol. The van der Waals surface area contributed by atoms with Gasteiger partial charge in [-0.3, -0.25) is 0 Å². The van der Waals surface area contributed by atoms with Crippen LogP contribution in [0.4, 0.5) is 0 Å². The lowest BCUT2D eigenvalue weighted by Crippen LogP contribution is -2.29. The second kappa shape index (κ2) is 7.63. The topological polar surface area (TPSA) is 54.4 Å². The average Bonchev–Trinajstić information content (AvgIpc) is 2.34. The van der Waals surface area contributed by atoms with Gasteiger partial charge in [-0.05, 0) is 40.9 Å².